The van der Waals surface area contributed by atoms with Crippen LogP contribution in [0, 0.1) is 5.92 Å². The highest BCUT2D eigenvalue weighted by Gasteiger charge is 2.20. The molecule has 0 amide bonds. The first-order valence-electron chi connectivity index (χ1n) is 7.20. The molecule has 1 saturated heterocycles. The number of nitrogens with one attached hydrogen (secondary N) is 1. The lowest BCUT2D eigenvalue weighted by Crippen LogP contribution is -2.29. The predicted molar refractivity (Wildman–Crippen MR) is 75.5 cm³/mol. The Morgan fingerprint density at radius 2 is 2.12 bits per heavy atom. The van der Waals surface area contributed by atoms with Crippen LogP contribution in [0.4, 0.5) is 0 Å². The zero-order valence-electron chi connectivity index (χ0n) is 12.2. The van der Waals surface area contributed by atoms with Gasteiger partial charge in [0.15, 0.2) is 0 Å². The molecule has 3 nitrogen and oxygen atoms in total. The molecule has 0 bridgehead atoms. The molecule has 1 atom stereocenters. The topological polar surface area (TPSA) is 18.5 Å². The van der Waals surface area contributed by atoms with Gasteiger partial charge < -0.3 is 15.1 Å². The third-order valence-electron chi connectivity index (χ3n) is 3.98. The van der Waals surface area contributed by atoms with E-state index in [9.17, 15) is 0 Å². The quantitative estimate of drug-likeness (QED) is 0.652. The van der Waals surface area contributed by atoms with Crippen molar-refractivity contribution in [2.45, 2.75) is 39.2 Å². The Kier molecular flexibility index (Phi) is 7.09. The Labute approximate surface area is 108 Å². The molecule has 0 saturated carbocycles. The first-order valence-corrected chi connectivity index (χ1v) is 7.20. The Hall–Kier alpha value is -0.120. The van der Waals surface area contributed by atoms with E-state index in [-0.39, 0.29) is 0 Å². The van der Waals surface area contributed by atoms with Gasteiger partial charge in [-0.05, 0) is 79.3 Å². The maximum atomic E-state index is 3.29. The minimum Gasteiger partial charge on any atom is -0.319 e. The molecule has 1 heterocycles. The number of likely N-dealkylation sites (tertiary alicyclic amines) is 1. The summed E-state index contributed by atoms with van der Waals surface area (Å²) in [6.45, 7) is 10.9. The molecule has 0 radical (unpaired) electrons. The van der Waals surface area contributed by atoms with Crippen LogP contribution in [0.25, 0.3) is 0 Å². The summed E-state index contributed by atoms with van der Waals surface area (Å²) in [6, 6.07) is 0.682. The van der Waals surface area contributed by atoms with Crippen molar-refractivity contribution in [1.82, 2.24) is 15.1 Å². The highest BCUT2D eigenvalue weighted by atomic mass is 15.1. The maximum absolute atomic E-state index is 3.29. The van der Waals surface area contributed by atoms with Gasteiger partial charge >= 0.3 is 0 Å². The fourth-order valence-corrected chi connectivity index (χ4v) is 2.53. The summed E-state index contributed by atoms with van der Waals surface area (Å²) in [7, 11) is 4.29. The van der Waals surface area contributed by atoms with E-state index < -0.39 is 0 Å². The first kappa shape index (κ1) is 14.9. The Bertz CT molecular complexity index is 194. The average Bonchev–Trinajstić information content (AvgIpc) is 2.72. The van der Waals surface area contributed by atoms with Crippen molar-refractivity contribution in [3.05, 3.63) is 0 Å². The summed E-state index contributed by atoms with van der Waals surface area (Å²) in [5.74, 6) is 0.887. The normalized spacial score (nSPS) is 21.9. The number of hydrogen-bond acceptors (Lipinski definition) is 3. The number of hydrogen-bond donors (Lipinski definition) is 1. The molecule has 1 fully saturated rings. The van der Waals surface area contributed by atoms with Gasteiger partial charge in [0.1, 0.15) is 0 Å². The van der Waals surface area contributed by atoms with Crippen molar-refractivity contribution in [1.29, 1.82) is 0 Å². The second-order valence-corrected chi connectivity index (χ2v) is 5.79. The van der Waals surface area contributed by atoms with Crippen LogP contribution in [0.5, 0.6) is 0 Å². The summed E-state index contributed by atoms with van der Waals surface area (Å²) >= 11 is 0. The van der Waals surface area contributed by atoms with Gasteiger partial charge in [0, 0.05) is 12.6 Å². The van der Waals surface area contributed by atoms with Gasteiger partial charge in [0.2, 0.25) is 0 Å². The molecule has 0 aromatic heterocycles. The summed E-state index contributed by atoms with van der Waals surface area (Å²) in [5.41, 5.74) is 0. The van der Waals surface area contributed by atoms with Gasteiger partial charge in [-0.2, -0.15) is 0 Å². The van der Waals surface area contributed by atoms with Crippen LogP contribution in [0.1, 0.15) is 33.1 Å². The van der Waals surface area contributed by atoms with Gasteiger partial charge in [-0.3, -0.25) is 0 Å². The molecule has 1 rings (SSSR count). The monoisotopic (exact) mass is 241 g/mol. The molecule has 102 valence electrons. The lowest BCUT2D eigenvalue weighted by Gasteiger charge is -2.21. The molecule has 0 aliphatic carbocycles. The summed E-state index contributed by atoms with van der Waals surface area (Å²) in [4.78, 5) is 5.07. The molecule has 0 spiro atoms. The summed E-state index contributed by atoms with van der Waals surface area (Å²) in [6.07, 6.45) is 4.07. The predicted octanol–water partition coefficient (Wildman–Crippen LogP) is 1.65. The van der Waals surface area contributed by atoms with E-state index in [1.54, 1.807) is 0 Å². The smallest absolute Gasteiger partial charge is 0.00355 e. The molecule has 0 aromatic rings. The molecule has 1 N–H and O–H groups in total. The average molecular weight is 241 g/mol. The second-order valence-electron chi connectivity index (χ2n) is 5.79. The highest BCUT2D eigenvalue weighted by Crippen LogP contribution is 2.15. The highest BCUT2D eigenvalue weighted by molar-refractivity contribution is 4.76. The minimum atomic E-state index is 0.682. The third-order valence-corrected chi connectivity index (χ3v) is 3.98. The van der Waals surface area contributed by atoms with Crippen molar-refractivity contribution in [2.75, 3.05) is 46.8 Å². The summed E-state index contributed by atoms with van der Waals surface area (Å²) in [5, 5.41) is 3.29. The van der Waals surface area contributed by atoms with Gasteiger partial charge in [0.05, 0.1) is 0 Å². The lowest BCUT2D eigenvalue weighted by molar-refractivity contribution is 0.254. The minimum absolute atomic E-state index is 0.682. The van der Waals surface area contributed by atoms with Gasteiger partial charge in [-0.15, -0.1) is 0 Å². The largest absolute Gasteiger partial charge is 0.319 e. The molecule has 17 heavy (non-hydrogen) atoms. The third kappa shape index (κ3) is 5.84. The Balaban J connectivity index is 2.00. The zero-order chi connectivity index (χ0) is 12.7. The number of nitrogens with zero attached hydrogens (tertiary/aromatic N) is 2. The standard InChI is InChI=1S/C14H31N3/c1-13(2)16(4)8-5-6-9-17-10-7-14(12-17)11-15-3/h13-15H,5-12H2,1-4H3. The lowest BCUT2D eigenvalue weighted by atomic mass is 10.1. The van der Waals surface area contributed by atoms with Crippen molar-refractivity contribution < 1.29 is 0 Å². The van der Waals surface area contributed by atoms with E-state index in [0.29, 0.717) is 6.04 Å². The van der Waals surface area contributed by atoms with Crippen LogP contribution in [0.15, 0.2) is 0 Å². The van der Waals surface area contributed by atoms with Crippen LogP contribution >= 0.6 is 0 Å². The molecular formula is C14H31N3. The number of rotatable bonds is 8. The van der Waals surface area contributed by atoms with E-state index in [0.717, 1.165) is 5.92 Å². The van der Waals surface area contributed by atoms with E-state index >= 15 is 0 Å². The van der Waals surface area contributed by atoms with Gasteiger partial charge in [-0.25, -0.2) is 0 Å². The van der Waals surface area contributed by atoms with E-state index in [1.807, 2.05) is 0 Å². The van der Waals surface area contributed by atoms with E-state index in [1.165, 1.54) is 52.0 Å². The van der Waals surface area contributed by atoms with E-state index in [4.69, 9.17) is 0 Å². The Morgan fingerprint density at radius 3 is 2.76 bits per heavy atom. The SMILES string of the molecule is CNCC1CCN(CCCCN(C)C(C)C)C1. The molecule has 1 unspecified atom stereocenters. The second kappa shape index (κ2) is 8.06. The van der Waals surface area contributed by atoms with Gasteiger partial charge in [-0.1, -0.05) is 0 Å². The van der Waals surface area contributed by atoms with Crippen molar-refractivity contribution in [2.24, 2.45) is 5.92 Å². The molecule has 1 aliphatic rings. The molecular weight excluding hydrogens is 210 g/mol. The van der Waals surface area contributed by atoms with E-state index in [2.05, 4.69) is 43.1 Å². The summed E-state index contributed by atoms with van der Waals surface area (Å²) < 4.78 is 0. The van der Waals surface area contributed by atoms with Crippen LogP contribution < -0.4 is 5.32 Å². The molecule has 1 aliphatic heterocycles. The molecule has 3 heteroatoms. The van der Waals surface area contributed by atoms with Crippen molar-refractivity contribution in [3.63, 3.8) is 0 Å². The Morgan fingerprint density at radius 1 is 1.35 bits per heavy atom. The van der Waals surface area contributed by atoms with Crippen molar-refractivity contribution >= 4 is 0 Å². The van der Waals surface area contributed by atoms with Crippen molar-refractivity contribution in [3.8, 4) is 0 Å². The number of unbranched alkanes of at least 4 members (excludes halogenated alkanes) is 1. The van der Waals surface area contributed by atoms with Crippen LogP contribution in [-0.2, 0) is 0 Å². The fourth-order valence-electron chi connectivity index (χ4n) is 2.53. The maximum Gasteiger partial charge on any atom is 0.00355 e. The van der Waals surface area contributed by atoms with Crippen LogP contribution in [0.3, 0.4) is 0 Å². The fraction of sp³-hybridized carbons (Fsp3) is 1.00. The van der Waals surface area contributed by atoms with Gasteiger partial charge in [0.25, 0.3) is 0 Å². The first-order chi connectivity index (χ1) is 8.13. The van der Waals surface area contributed by atoms with Crippen LogP contribution in [-0.4, -0.2) is 62.7 Å². The van der Waals surface area contributed by atoms with Crippen LogP contribution in [0.2, 0.25) is 0 Å². The molecule has 0 aromatic carbocycles. The zero-order valence-corrected chi connectivity index (χ0v) is 12.2.